The highest BCUT2D eigenvalue weighted by Crippen LogP contribution is 2.39. The number of carboxylic acid groups (broad SMARTS) is 1. The van der Waals surface area contributed by atoms with Crippen molar-refractivity contribution >= 4 is 17.6 Å². The van der Waals surface area contributed by atoms with Gasteiger partial charge in [0, 0.05) is 5.69 Å². The van der Waals surface area contributed by atoms with Crippen LogP contribution < -0.4 is 5.32 Å². The van der Waals surface area contributed by atoms with Gasteiger partial charge >= 0.3 is 5.97 Å². The summed E-state index contributed by atoms with van der Waals surface area (Å²) in [4.78, 5) is 23.6. The van der Waals surface area contributed by atoms with Crippen LogP contribution in [0.5, 0.6) is 0 Å². The van der Waals surface area contributed by atoms with E-state index in [1.165, 1.54) is 0 Å². The lowest BCUT2D eigenvalue weighted by molar-refractivity contribution is -0.145. The topological polar surface area (TPSA) is 75.6 Å². The predicted molar refractivity (Wildman–Crippen MR) is 72.2 cm³/mol. The van der Waals surface area contributed by atoms with Crippen molar-refractivity contribution in [1.82, 2.24) is 0 Å². The molecule has 1 amide bonds. The van der Waals surface area contributed by atoms with Gasteiger partial charge < -0.3 is 15.2 Å². The number of anilines is 1. The molecule has 2 bridgehead atoms. The number of nitrogens with one attached hydrogen (secondary N) is 1. The fourth-order valence-corrected chi connectivity index (χ4v) is 2.78. The number of aryl methyl sites for hydroxylation is 1. The van der Waals surface area contributed by atoms with E-state index in [2.05, 4.69) is 5.32 Å². The molecular formula is C15H15NO4. The third kappa shape index (κ3) is 2.10. The number of ether oxygens (including phenoxy) is 1. The molecule has 0 spiro atoms. The zero-order valence-corrected chi connectivity index (χ0v) is 10.9. The number of hydrogen-bond donors (Lipinski definition) is 2. The molecule has 0 unspecified atom stereocenters. The Labute approximate surface area is 116 Å². The van der Waals surface area contributed by atoms with Crippen molar-refractivity contribution in [3.05, 3.63) is 42.0 Å². The molecule has 2 aliphatic heterocycles. The van der Waals surface area contributed by atoms with Crippen LogP contribution in [0.2, 0.25) is 0 Å². The SMILES string of the molecule is Cc1ccc(NC(=O)[C@H]2[C@@H](C(=O)O)[C@H]3C=C[C@@H]2O3)cc1. The van der Waals surface area contributed by atoms with Crippen LogP contribution >= 0.6 is 0 Å². The summed E-state index contributed by atoms with van der Waals surface area (Å²) < 4.78 is 5.48. The van der Waals surface area contributed by atoms with Gasteiger partial charge in [0.1, 0.15) is 5.92 Å². The third-order valence-corrected chi connectivity index (χ3v) is 3.81. The van der Waals surface area contributed by atoms with Crippen molar-refractivity contribution in [2.45, 2.75) is 19.1 Å². The Bertz CT molecular complexity index is 578. The smallest absolute Gasteiger partial charge is 0.310 e. The van der Waals surface area contributed by atoms with Gasteiger partial charge in [-0.3, -0.25) is 9.59 Å². The Balaban J connectivity index is 1.78. The number of rotatable bonds is 3. The molecule has 0 aliphatic carbocycles. The summed E-state index contributed by atoms with van der Waals surface area (Å²) in [6.45, 7) is 1.96. The molecule has 3 rings (SSSR count). The molecule has 1 aromatic rings. The minimum absolute atomic E-state index is 0.307. The highest BCUT2D eigenvalue weighted by molar-refractivity contribution is 5.96. The highest BCUT2D eigenvalue weighted by Gasteiger charge is 2.53. The van der Waals surface area contributed by atoms with E-state index in [-0.39, 0.29) is 5.91 Å². The van der Waals surface area contributed by atoms with Gasteiger partial charge in [-0.25, -0.2) is 0 Å². The van der Waals surface area contributed by atoms with Crippen LogP contribution in [0.25, 0.3) is 0 Å². The van der Waals surface area contributed by atoms with Crippen LogP contribution in [0.1, 0.15) is 5.56 Å². The van der Waals surface area contributed by atoms with Crippen molar-refractivity contribution in [3.63, 3.8) is 0 Å². The Morgan fingerprint density at radius 1 is 1.10 bits per heavy atom. The van der Waals surface area contributed by atoms with Gasteiger partial charge in [-0.15, -0.1) is 0 Å². The second-order valence-electron chi connectivity index (χ2n) is 5.20. The third-order valence-electron chi connectivity index (χ3n) is 3.81. The van der Waals surface area contributed by atoms with Gasteiger partial charge in [0.05, 0.1) is 18.1 Å². The van der Waals surface area contributed by atoms with Gasteiger partial charge in [-0.05, 0) is 19.1 Å². The fraction of sp³-hybridized carbons (Fsp3) is 0.333. The van der Waals surface area contributed by atoms with E-state index >= 15 is 0 Å². The average molecular weight is 273 g/mol. The Morgan fingerprint density at radius 2 is 1.70 bits per heavy atom. The van der Waals surface area contributed by atoms with Crippen molar-refractivity contribution in [2.24, 2.45) is 11.8 Å². The number of hydrogen-bond acceptors (Lipinski definition) is 3. The molecule has 5 nitrogen and oxygen atoms in total. The number of carbonyl (C=O) groups is 2. The van der Waals surface area contributed by atoms with Crippen LogP contribution in [0.4, 0.5) is 5.69 Å². The molecule has 1 aromatic carbocycles. The molecule has 2 aliphatic rings. The largest absolute Gasteiger partial charge is 0.481 e. The van der Waals surface area contributed by atoms with Crippen LogP contribution in [-0.4, -0.2) is 29.2 Å². The van der Waals surface area contributed by atoms with Crippen LogP contribution in [0.3, 0.4) is 0 Å². The maximum Gasteiger partial charge on any atom is 0.310 e. The zero-order valence-electron chi connectivity index (χ0n) is 10.9. The fourth-order valence-electron chi connectivity index (χ4n) is 2.78. The van der Waals surface area contributed by atoms with Gasteiger partial charge in [-0.2, -0.15) is 0 Å². The van der Waals surface area contributed by atoms with E-state index in [9.17, 15) is 14.7 Å². The van der Waals surface area contributed by atoms with E-state index < -0.39 is 30.0 Å². The van der Waals surface area contributed by atoms with E-state index in [4.69, 9.17) is 4.74 Å². The molecule has 0 saturated carbocycles. The molecular weight excluding hydrogens is 258 g/mol. The maximum atomic E-state index is 12.3. The summed E-state index contributed by atoms with van der Waals surface area (Å²) >= 11 is 0. The summed E-state index contributed by atoms with van der Waals surface area (Å²) in [5.41, 5.74) is 1.76. The summed E-state index contributed by atoms with van der Waals surface area (Å²) in [7, 11) is 0. The molecule has 2 N–H and O–H groups in total. The Hall–Kier alpha value is -2.14. The molecule has 4 atom stereocenters. The van der Waals surface area contributed by atoms with Gasteiger partial charge in [0.2, 0.25) is 5.91 Å². The molecule has 0 aromatic heterocycles. The number of fused-ring (bicyclic) bond motifs is 2. The van der Waals surface area contributed by atoms with Crippen LogP contribution in [0, 0.1) is 18.8 Å². The zero-order chi connectivity index (χ0) is 14.3. The maximum absolute atomic E-state index is 12.3. The van der Waals surface area contributed by atoms with Crippen molar-refractivity contribution in [3.8, 4) is 0 Å². The highest BCUT2D eigenvalue weighted by atomic mass is 16.5. The first-order valence-corrected chi connectivity index (χ1v) is 6.50. The number of carbonyl (C=O) groups excluding carboxylic acids is 1. The van der Waals surface area contributed by atoms with Crippen molar-refractivity contribution in [1.29, 1.82) is 0 Å². The van der Waals surface area contributed by atoms with Gasteiger partial charge in [0.25, 0.3) is 0 Å². The van der Waals surface area contributed by atoms with Crippen LogP contribution in [-0.2, 0) is 14.3 Å². The summed E-state index contributed by atoms with van der Waals surface area (Å²) in [6, 6.07) is 7.38. The minimum atomic E-state index is -0.995. The molecule has 1 saturated heterocycles. The molecule has 5 heteroatoms. The first-order chi connectivity index (χ1) is 9.56. The summed E-state index contributed by atoms with van der Waals surface area (Å²) in [5.74, 6) is -2.79. The first kappa shape index (κ1) is 12.9. The lowest BCUT2D eigenvalue weighted by Gasteiger charge is -2.21. The predicted octanol–water partition coefficient (Wildman–Crippen LogP) is 1.59. The first-order valence-electron chi connectivity index (χ1n) is 6.50. The standard InChI is InChI=1S/C15H15NO4/c1-8-2-4-9(5-3-8)16-14(17)12-10-6-7-11(20-10)13(12)15(18)19/h2-7,10-13H,1H3,(H,16,17)(H,18,19)/t10-,11+,12+,13-/m0/s1. The monoisotopic (exact) mass is 273 g/mol. The molecule has 104 valence electrons. The van der Waals surface area contributed by atoms with E-state index in [0.717, 1.165) is 5.56 Å². The number of aliphatic carboxylic acids is 1. The van der Waals surface area contributed by atoms with Crippen molar-refractivity contribution < 1.29 is 19.4 Å². The van der Waals surface area contributed by atoms with Crippen molar-refractivity contribution in [2.75, 3.05) is 5.32 Å². The van der Waals surface area contributed by atoms with E-state index in [0.29, 0.717) is 5.69 Å². The quantitative estimate of drug-likeness (QED) is 0.820. The summed E-state index contributed by atoms with van der Waals surface area (Å²) in [6.07, 6.45) is 2.56. The molecule has 0 radical (unpaired) electrons. The number of amides is 1. The van der Waals surface area contributed by atoms with Crippen LogP contribution in [0.15, 0.2) is 36.4 Å². The van der Waals surface area contributed by atoms with Gasteiger partial charge in [0.15, 0.2) is 0 Å². The molecule has 20 heavy (non-hydrogen) atoms. The second-order valence-corrected chi connectivity index (χ2v) is 5.20. The van der Waals surface area contributed by atoms with E-state index in [1.54, 1.807) is 24.3 Å². The Morgan fingerprint density at radius 3 is 2.30 bits per heavy atom. The minimum Gasteiger partial charge on any atom is -0.481 e. The normalized spacial score (nSPS) is 30.4. The lowest BCUT2D eigenvalue weighted by Crippen LogP contribution is -2.39. The lowest BCUT2D eigenvalue weighted by atomic mass is 9.82. The average Bonchev–Trinajstić information content (AvgIpc) is 3.01. The Kier molecular flexibility index (Phi) is 3.06. The summed E-state index contributed by atoms with van der Waals surface area (Å²) in [5, 5.41) is 12.0. The molecule has 1 fully saturated rings. The molecule has 2 heterocycles. The second kappa shape index (κ2) is 4.76. The number of benzene rings is 1. The number of carboxylic acids is 1. The van der Waals surface area contributed by atoms with Gasteiger partial charge in [-0.1, -0.05) is 29.8 Å². The van der Waals surface area contributed by atoms with E-state index in [1.807, 2.05) is 19.1 Å².